The maximum atomic E-state index is 12.8. The number of carbonyl (C=O) groups is 1. The molecule has 0 radical (unpaired) electrons. The number of likely N-dealkylation sites (tertiary alicyclic amines) is 1. The topological polar surface area (TPSA) is 84.3 Å². The van der Waals surface area contributed by atoms with Crippen molar-refractivity contribution in [3.8, 4) is 0 Å². The zero-order valence-electron chi connectivity index (χ0n) is 18.9. The predicted molar refractivity (Wildman–Crippen MR) is 139 cm³/mol. The van der Waals surface area contributed by atoms with E-state index in [1.807, 2.05) is 47.5 Å². The van der Waals surface area contributed by atoms with Crippen molar-refractivity contribution >= 4 is 54.9 Å². The number of aromatic nitrogens is 2. The molecule has 1 aliphatic heterocycles. The highest BCUT2D eigenvalue weighted by Gasteiger charge is 2.24. The van der Waals surface area contributed by atoms with Gasteiger partial charge in [-0.05, 0) is 60.7 Å². The van der Waals surface area contributed by atoms with Gasteiger partial charge in [-0.2, -0.15) is 0 Å². The Morgan fingerprint density at radius 3 is 2.60 bits per heavy atom. The van der Waals surface area contributed by atoms with Crippen LogP contribution in [0.15, 0.2) is 71.2 Å². The third kappa shape index (κ3) is 5.37. The average molecular weight is 529 g/mol. The van der Waals surface area contributed by atoms with Gasteiger partial charge >= 0.3 is 0 Å². The number of amides is 1. The van der Waals surface area contributed by atoms with E-state index in [9.17, 15) is 13.2 Å². The van der Waals surface area contributed by atoms with Gasteiger partial charge in [0, 0.05) is 59.8 Å². The summed E-state index contributed by atoms with van der Waals surface area (Å²) < 4.78 is 29.7. The molecule has 0 bridgehead atoms. The molecule has 182 valence electrons. The van der Waals surface area contributed by atoms with Crippen LogP contribution in [-0.2, 0) is 21.4 Å². The number of thiazole rings is 1. The summed E-state index contributed by atoms with van der Waals surface area (Å²) in [6.07, 6.45) is 5.73. The molecule has 1 amide bonds. The summed E-state index contributed by atoms with van der Waals surface area (Å²) in [5.41, 5.74) is 2.18. The molecule has 2 aromatic heterocycles. The van der Waals surface area contributed by atoms with Gasteiger partial charge in [0.25, 0.3) is 10.0 Å². The Balaban J connectivity index is 1.14. The molecule has 0 saturated carbocycles. The van der Waals surface area contributed by atoms with Crippen LogP contribution in [0.4, 0.5) is 5.13 Å². The quantitative estimate of drug-likeness (QED) is 0.350. The molecular weight excluding hydrogens is 504 g/mol. The Morgan fingerprint density at radius 1 is 1.11 bits per heavy atom. The summed E-state index contributed by atoms with van der Waals surface area (Å²) in [4.78, 5) is 19.0. The van der Waals surface area contributed by atoms with Gasteiger partial charge in [0.2, 0.25) is 5.91 Å². The van der Waals surface area contributed by atoms with Crippen LogP contribution >= 0.6 is 22.9 Å². The average Bonchev–Trinajstić information content (AvgIpc) is 3.52. The molecule has 0 atom stereocenters. The number of sulfonamides is 1. The van der Waals surface area contributed by atoms with E-state index in [0.717, 1.165) is 29.3 Å². The molecule has 1 saturated heterocycles. The number of benzene rings is 2. The lowest BCUT2D eigenvalue weighted by Crippen LogP contribution is -2.38. The van der Waals surface area contributed by atoms with Crippen LogP contribution in [0.25, 0.3) is 10.9 Å². The van der Waals surface area contributed by atoms with E-state index in [-0.39, 0.29) is 10.8 Å². The summed E-state index contributed by atoms with van der Waals surface area (Å²) >= 11 is 7.30. The molecule has 35 heavy (non-hydrogen) atoms. The Bertz CT molecular complexity index is 1430. The molecular formula is C25H25ClN4O3S2. The van der Waals surface area contributed by atoms with Crippen molar-refractivity contribution in [2.45, 2.75) is 36.6 Å². The van der Waals surface area contributed by atoms with Crippen LogP contribution in [0, 0.1) is 0 Å². The van der Waals surface area contributed by atoms with E-state index in [1.54, 1.807) is 23.7 Å². The molecule has 4 aromatic rings. The first-order chi connectivity index (χ1) is 16.9. The summed E-state index contributed by atoms with van der Waals surface area (Å²) in [7, 11) is -3.66. The number of rotatable bonds is 7. The second-order valence-corrected chi connectivity index (χ2v) is 11.6. The number of nitrogens with zero attached hydrogens (tertiary/aromatic N) is 3. The van der Waals surface area contributed by atoms with Crippen LogP contribution in [0.2, 0.25) is 5.02 Å². The molecule has 5 rings (SSSR count). The lowest BCUT2D eigenvalue weighted by atomic mass is 9.89. The number of piperidine rings is 1. The largest absolute Gasteiger partial charge is 0.347 e. The van der Waals surface area contributed by atoms with Gasteiger partial charge in [0.15, 0.2) is 5.13 Å². The van der Waals surface area contributed by atoms with E-state index in [4.69, 9.17) is 11.6 Å². The third-order valence-corrected chi connectivity index (χ3v) is 8.87. The predicted octanol–water partition coefficient (Wildman–Crippen LogP) is 5.35. The lowest BCUT2D eigenvalue weighted by molar-refractivity contribution is -0.132. The number of hydrogen-bond acceptors (Lipinski definition) is 5. The van der Waals surface area contributed by atoms with Crippen LogP contribution in [-0.4, -0.2) is 41.9 Å². The highest BCUT2D eigenvalue weighted by atomic mass is 35.5. The van der Waals surface area contributed by atoms with Crippen LogP contribution in [0.3, 0.4) is 0 Å². The minimum Gasteiger partial charge on any atom is -0.347 e. The molecule has 0 unspecified atom stereocenters. The maximum Gasteiger partial charge on any atom is 0.263 e. The summed E-state index contributed by atoms with van der Waals surface area (Å²) in [6, 6.07) is 14.8. The Kier molecular flexibility index (Phi) is 6.82. The van der Waals surface area contributed by atoms with Gasteiger partial charge in [-0.15, -0.1) is 11.3 Å². The summed E-state index contributed by atoms with van der Waals surface area (Å²) in [6.45, 7) is 2.04. The first-order valence-corrected chi connectivity index (χ1v) is 14.2. The van der Waals surface area contributed by atoms with Crippen LogP contribution in [0.1, 0.15) is 30.7 Å². The highest BCUT2D eigenvalue weighted by Crippen LogP contribution is 2.30. The number of nitrogens with one attached hydrogen (secondary N) is 1. The molecule has 0 spiro atoms. The molecule has 1 N–H and O–H groups in total. The van der Waals surface area contributed by atoms with Crippen molar-refractivity contribution in [3.63, 3.8) is 0 Å². The fourth-order valence-electron chi connectivity index (χ4n) is 4.57. The van der Waals surface area contributed by atoms with E-state index in [0.29, 0.717) is 42.1 Å². The number of fused-ring (bicyclic) bond motifs is 1. The smallest absolute Gasteiger partial charge is 0.263 e. The highest BCUT2D eigenvalue weighted by molar-refractivity contribution is 7.93. The second-order valence-electron chi connectivity index (χ2n) is 8.63. The summed E-state index contributed by atoms with van der Waals surface area (Å²) in [5.74, 6) is 0.467. The van der Waals surface area contributed by atoms with Crippen LogP contribution in [0.5, 0.6) is 0 Å². The number of anilines is 1. The molecule has 1 fully saturated rings. The Hall–Kier alpha value is -2.88. The van der Waals surface area contributed by atoms with Crippen molar-refractivity contribution in [2.24, 2.45) is 0 Å². The molecule has 3 heterocycles. The van der Waals surface area contributed by atoms with E-state index < -0.39 is 10.0 Å². The van der Waals surface area contributed by atoms with Gasteiger partial charge in [-0.3, -0.25) is 9.52 Å². The zero-order chi connectivity index (χ0) is 24.4. The number of carbonyl (C=O) groups excluding carboxylic acids is 1. The van der Waals surface area contributed by atoms with Gasteiger partial charge in [0.05, 0.1) is 4.90 Å². The SMILES string of the molecule is O=C(CCn1ccc2cc(Cl)ccc21)N1CCC(c2ccc(S(=O)(=O)Nc3nccs3)cc2)CC1. The van der Waals surface area contributed by atoms with Gasteiger partial charge in [-0.1, -0.05) is 23.7 Å². The fraction of sp³-hybridized carbons (Fsp3) is 0.280. The monoisotopic (exact) mass is 528 g/mol. The minimum atomic E-state index is -3.66. The molecule has 7 nitrogen and oxygen atoms in total. The molecule has 2 aromatic carbocycles. The standard InChI is InChI=1S/C25H25ClN4O3S2/c26-21-3-6-23-20(17-21)9-12-29(23)15-10-24(31)30-13-7-19(8-14-30)18-1-4-22(5-2-18)35(32,33)28-25-27-11-16-34-25/h1-6,9,11-12,16-17,19H,7-8,10,13-15H2,(H,27,28). The fourth-order valence-corrected chi connectivity index (χ4v) is 6.54. The zero-order valence-corrected chi connectivity index (χ0v) is 21.3. The first kappa shape index (κ1) is 23.8. The second kappa shape index (κ2) is 10.0. The Labute approximate surface area is 213 Å². The minimum absolute atomic E-state index is 0.161. The summed E-state index contributed by atoms with van der Waals surface area (Å²) in [5, 5.41) is 3.85. The molecule has 10 heteroatoms. The maximum absolute atomic E-state index is 12.8. The van der Waals surface area contributed by atoms with E-state index in [1.165, 1.54) is 11.3 Å². The lowest BCUT2D eigenvalue weighted by Gasteiger charge is -2.32. The van der Waals surface area contributed by atoms with Crippen molar-refractivity contribution in [2.75, 3.05) is 17.8 Å². The normalized spacial score (nSPS) is 14.9. The molecule has 1 aliphatic rings. The number of halogens is 1. The van der Waals surface area contributed by atoms with Crippen LogP contribution < -0.4 is 4.72 Å². The number of hydrogen-bond donors (Lipinski definition) is 1. The third-order valence-electron chi connectivity index (χ3n) is 6.46. The van der Waals surface area contributed by atoms with E-state index in [2.05, 4.69) is 14.3 Å². The van der Waals surface area contributed by atoms with Crippen molar-refractivity contribution in [3.05, 3.63) is 76.9 Å². The van der Waals surface area contributed by atoms with Gasteiger partial charge in [-0.25, -0.2) is 13.4 Å². The van der Waals surface area contributed by atoms with Gasteiger partial charge < -0.3 is 9.47 Å². The van der Waals surface area contributed by atoms with E-state index >= 15 is 0 Å². The Morgan fingerprint density at radius 2 is 1.89 bits per heavy atom. The van der Waals surface area contributed by atoms with Gasteiger partial charge in [0.1, 0.15) is 0 Å². The number of aryl methyl sites for hydroxylation is 1. The first-order valence-electron chi connectivity index (χ1n) is 11.4. The molecule has 0 aliphatic carbocycles. The van der Waals surface area contributed by atoms with Crippen molar-refractivity contribution < 1.29 is 13.2 Å². The van der Waals surface area contributed by atoms with Crippen molar-refractivity contribution in [1.29, 1.82) is 0 Å². The van der Waals surface area contributed by atoms with Crippen molar-refractivity contribution in [1.82, 2.24) is 14.5 Å².